The molecule has 0 unspecified atom stereocenters. The van der Waals surface area contributed by atoms with Gasteiger partial charge < -0.3 is 19.3 Å². The highest BCUT2D eigenvalue weighted by Gasteiger charge is 2.28. The Morgan fingerprint density at radius 1 is 1.06 bits per heavy atom. The van der Waals surface area contributed by atoms with E-state index in [-0.39, 0.29) is 58.1 Å². The molecular formula is C24H38BrN3O3. The SMILES string of the molecule is Br.CCCc1cn(CC(=O)c2cc(C(C)(C)C)c(O)c(C(C)(C)C)c2)c(=N)n1CCO. The number of aryl methyl sites for hydroxylation is 1. The summed E-state index contributed by atoms with van der Waals surface area (Å²) in [7, 11) is 0. The number of imidazole rings is 1. The minimum atomic E-state index is -0.313. The number of hydrogen-bond donors (Lipinski definition) is 3. The Hall–Kier alpha value is -1.86. The third kappa shape index (κ3) is 6.10. The summed E-state index contributed by atoms with van der Waals surface area (Å²) in [5.74, 6) is 0.147. The van der Waals surface area contributed by atoms with Gasteiger partial charge in [-0.2, -0.15) is 0 Å². The lowest BCUT2D eigenvalue weighted by molar-refractivity contribution is 0.0969. The highest BCUT2D eigenvalue weighted by Crippen LogP contribution is 2.39. The van der Waals surface area contributed by atoms with Crippen molar-refractivity contribution in [2.75, 3.05) is 6.61 Å². The number of rotatable bonds is 7. The van der Waals surface area contributed by atoms with Crippen molar-refractivity contribution in [3.05, 3.63) is 46.3 Å². The van der Waals surface area contributed by atoms with Gasteiger partial charge in [-0.15, -0.1) is 17.0 Å². The van der Waals surface area contributed by atoms with E-state index in [1.54, 1.807) is 21.3 Å². The molecule has 174 valence electrons. The van der Waals surface area contributed by atoms with Crippen molar-refractivity contribution < 1.29 is 15.0 Å². The molecule has 0 bridgehead atoms. The molecule has 1 heterocycles. The van der Waals surface area contributed by atoms with E-state index in [1.165, 1.54) is 0 Å². The predicted molar refractivity (Wildman–Crippen MR) is 130 cm³/mol. The van der Waals surface area contributed by atoms with E-state index in [0.717, 1.165) is 29.7 Å². The monoisotopic (exact) mass is 495 g/mol. The number of phenolic OH excluding ortho intramolecular Hbond substituents is 1. The van der Waals surface area contributed by atoms with E-state index in [0.29, 0.717) is 12.1 Å². The van der Waals surface area contributed by atoms with Crippen molar-refractivity contribution in [1.82, 2.24) is 9.13 Å². The van der Waals surface area contributed by atoms with Gasteiger partial charge in [0.05, 0.1) is 13.2 Å². The zero-order chi connectivity index (χ0) is 22.9. The molecule has 0 saturated heterocycles. The second kappa shape index (κ2) is 10.2. The lowest BCUT2D eigenvalue weighted by Gasteiger charge is -2.28. The number of aliphatic hydroxyl groups excluding tert-OH is 1. The van der Waals surface area contributed by atoms with Gasteiger partial charge in [-0.25, -0.2) is 0 Å². The first-order chi connectivity index (χ1) is 13.8. The van der Waals surface area contributed by atoms with Crippen LogP contribution in [0.5, 0.6) is 5.75 Å². The number of carbonyl (C=O) groups is 1. The molecule has 1 aromatic carbocycles. The molecule has 6 nitrogen and oxygen atoms in total. The Labute approximate surface area is 196 Å². The third-order valence-electron chi connectivity index (χ3n) is 5.37. The standard InChI is InChI=1S/C24H37N3O3.BrH/c1-8-9-17-14-26(22(25)27(17)10-11-28)15-20(29)16-12-18(23(2,3)4)21(30)19(13-16)24(5,6)7;/h12-14,25,28,30H,8-11,15H2,1-7H3;1H. The Balaban J connectivity index is 0.00000480. The molecule has 0 aliphatic rings. The minimum absolute atomic E-state index is 0. The van der Waals surface area contributed by atoms with Crippen LogP contribution in [0.4, 0.5) is 0 Å². The molecule has 7 heteroatoms. The highest BCUT2D eigenvalue weighted by molar-refractivity contribution is 8.93. The van der Waals surface area contributed by atoms with Gasteiger partial charge in [0.2, 0.25) is 5.62 Å². The van der Waals surface area contributed by atoms with Crippen molar-refractivity contribution in [2.24, 2.45) is 0 Å². The van der Waals surface area contributed by atoms with Crippen molar-refractivity contribution >= 4 is 22.8 Å². The molecule has 31 heavy (non-hydrogen) atoms. The number of phenols is 1. The van der Waals surface area contributed by atoms with Gasteiger partial charge in [-0.3, -0.25) is 10.2 Å². The number of aliphatic hydroxyl groups is 1. The van der Waals surface area contributed by atoms with Gasteiger partial charge in [0.25, 0.3) is 0 Å². The second-order valence-corrected chi connectivity index (χ2v) is 10.0. The van der Waals surface area contributed by atoms with Gasteiger partial charge >= 0.3 is 0 Å². The van der Waals surface area contributed by atoms with Crippen LogP contribution in [0.3, 0.4) is 0 Å². The smallest absolute Gasteiger partial charge is 0.202 e. The summed E-state index contributed by atoms with van der Waals surface area (Å²) in [4.78, 5) is 13.2. The number of aromatic hydroxyl groups is 1. The lowest BCUT2D eigenvalue weighted by Crippen LogP contribution is -2.29. The zero-order valence-electron chi connectivity index (χ0n) is 19.9. The summed E-state index contributed by atoms with van der Waals surface area (Å²) in [6.07, 6.45) is 3.55. The summed E-state index contributed by atoms with van der Waals surface area (Å²) in [6.45, 7) is 14.5. The van der Waals surface area contributed by atoms with E-state index >= 15 is 0 Å². The number of halogens is 1. The second-order valence-electron chi connectivity index (χ2n) is 10.0. The van der Waals surface area contributed by atoms with E-state index in [2.05, 4.69) is 6.92 Å². The maximum atomic E-state index is 13.2. The van der Waals surface area contributed by atoms with Crippen molar-refractivity contribution in [1.29, 1.82) is 5.41 Å². The lowest BCUT2D eigenvalue weighted by atomic mass is 9.78. The van der Waals surface area contributed by atoms with Crippen molar-refractivity contribution in [2.45, 2.75) is 85.2 Å². The van der Waals surface area contributed by atoms with Crippen LogP contribution in [0, 0.1) is 5.41 Å². The first-order valence-corrected chi connectivity index (χ1v) is 10.7. The van der Waals surface area contributed by atoms with Gasteiger partial charge in [0, 0.05) is 35.1 Å². The van der Waals surface area contributed by atoms with E-state index in [1.807, 2.05) is 47.7 Å². The molecule has 0 amide bonds. The maximum absolute atomic E-state index is 13.2. The number of hydrogen-bond acceptors (Lipinski definition) is 4. The van der Waals surface area contributed by atoms with Crippen molar-refractivity contribution in [3.8, 4) is 5.75 Å². The number of nitrogens with zero attached hydrogens (tertiary/aromatic N) is 2. The molecule has 0 radical (unpaired) electrons. The van der Waals surface area contributed by atoms with Crippen LogP contribution in [0.1, 0.15) is 82.1 Å². The number of aromatic nitrogens is 2. The fraction of sp³-hybridized carbons (Fsp3) is 0.583. The molecule has 3 N–H and O–H groups in total. The predicted octanol–water partition coefficient (Wildman–Crippen LogP) is 4.48. The van der Waals surface area contributed by atoms with E-state index < -0.39 is 0 Å². The van der Waals surface area contributed by atoms with Crippen LogP contribution < -0.4 is 5.62 Å². The molecule has 0 saturated carbocycles. The van der Waals surface area contributed by atoms with Crippen LogP contribution in [-0.4, -0.2) is 31.7 Å². The first kappa shape index (κ1) is 27.2. The Morgan fingerprint density at radius 3 is 2.00 bits per heavy atom. The Bertz CT molecular complexity index is 940. The van der Waals surface area contributed by atoms with Crippen LogP contribution in [0.2, 0.25) is 0 Å². The van der Waals surface area contributed by atoms with Gasteiger partial charge in [0.15, 0.2) is 5.78 Å². The molecular weight excluding hydrogens is 458 g/mol. The van der Waals surface area contributed by atoms with E-state index in [9.17, 15) is 15.0 Å². The summed E-state index contributed by atoms with van der Waals surface area (Å²) in [5.41, 5.74) is 2.58. The maximum Gasteiger partial charge on any atom is 0.202 e. The van der Waals surface area contributed by atoms with Crippen LogP contribution in [0.15, 0.2) is 18.3 Å². The quantitative estimate of drug-likeness (QED) is 0.494. The topological polar surface area (TPSA) is 91.2 Å². The normalized spacial score (nSPS) is 12.0. The molecule has 0 aliphatic carbocycles. The molecule has 0 aliphatic heterocycles. The number of ketones is 1. The number of Topliss-reactive ketones (excluding diaryl/α,β-unsaturated/α-hetero) is 1. The summed E-state index contributed by atoms with van der Waals surface area (Å²) < 4.78 is 3.40. The first-order valence-electron chi connectivity index (χ1n) is 10.7. The van der Waals surface area contributed by atoms with Gasteiger partial charge in [0.1, 0.15) is 5.75 Å². The minimum Gasteiger partial charge on any atom is -0.507 e. The molecule has 2 rings (SSSR count). The fourth-order valence-electron chi connectivity index (χ4n) is 3.71. The number of benzene rings is 1. The third-order valence-corrected chi connectivity index (χ3v) is 5.37. The summed E-state index contributed by atoms with van der Waals surface area (Å²) in [6, 6.07) is 3.57. The highest BCUT2D eigenvalue weighted by atomic mass is 79.9. The zero-order valence-corrected chi connectivity index (χ0v) is 21.6. The largest absolute Gasteiger partial charge is 0.507 e. The number of nitrogens with one attached hydrogen (secondary N) is 1. The molecule has 0 spiro atoms. The molecule has 2 aromatic rings. The number of carbonyl (C=O) groups excluding carboxylic acids is 1. The van der Waals surface area contributed by atoms with Crippen molar-refractivity contribution in [3.63, 3.8) is 0 Å². The molecule has 1 aromatic heterocycles. The summed E-state index contributed by atoms with van der Waals surface area (Å²) in [5, 5.41) is 28.7. The molecule has 0 atom stereocenters. The van der Waals surface area contributed by atoms with Crippen LogP contribution in [-0.2, 0) is 30.3 Å². The Morgan fingerprint density at radius 2 is 1.58 bits per heavy atom. The van der Waals surface area contributed by atoms with Gasteiger partial charge in [-0.1, -0.05) is 54.9 Å². The molecule has 0 fully saturated rings. The summed E-state index contributed by atoms with van der Waals surface area (Å²) >= 11 is 0. The fourth-order valence-corrected chi connectivity index (χ4v) is 3.71. The Kier molecular flexibility index (Phi) is 8.92. The van der Waals surface area contributed by atoms with Crippen LogP contribution >= 0.6 is 17.0 Å². The van der Waals surface area contributed by atoms with E-state index in [4.69, 9.17) is 5.41 Å². The van der Waals surface area contributed by atoms with Gasteiger partial charge in [-0.05, 0) is 29.4 Å². The average Bonchev–Trinajstić information content (AvgIpc) is 2.89. The average molecular weight is 496 g/mol. The van der Waals surface area contributed by atoms with Crippen LogP contribution in [0.25, 0.3) is 0 Å².